The summed E-state index contributed by atoms with van der Waals surface area (Å²) in [7, 11) is 1.30. The lowest BCUT2D eigenvalue weighted by Gasteiger charge is -2.16. The Morgan fingerprint density at radius 2 is 1.95 bits per heavy atom. The molecule has 0 spiro atoms. The van der Waals surface area contributed by atoms with Crippen LogP contribution >= 0.6 is 11.3 Å². The Morgan fingerprint density at radius 1 is 1.21 bits per heavy atom. The normalized spacial score (nSPS) is 11.6. The Kier molecular flexibility index (Phi) is 4.30. The van der Waals surface area contributed by atoms with E-state index in [0.29, 0.717) is 11.1 Å². The van der Waals surface area contributed by atoms with Crippen molar-refractivity contribution >= 4 is 23.2 Å². The Morgan fingerprint density at radius 3 is 2.53 bits per heavy atom. The number of hydrogen-bond acceptors (Lipinski definition) is 4. The van der Waals surface area contributed by atoms with E-state index in [1.807, 2.05) is 23.6 Å². The van der Waals surface area contributed by atoms with Crippen molar-refractivity contribution in [2.24, 2.45) is 0 Å². The third-order valence-electron chi connectivity index (χ3n) is 2.63. The van der Waals surface area contributed by atoms with Gasteiger partial charge in [-0.15, -0.1) is 0 Å². The first kappa shape index (κ1) is 13.3. The topological polar surface area (TPSA) is 55.4 Å². The highest BCUT2D eigenvalue weighted by Crippen LogP contribution is 2.15. The van der Waals surface area contributed by atoms with E-state index >= 15 is 0 Å². The van der Waals surface area contributed by atoms with Gasteiger partial charge in [0.15, 0.2) is 6.04 Å². The van der Waals surface area contributed by atoms with Crippen LogP contribution in [0.4, 0.5) is 0 Å². The zero-order valence-electron chi connectivity index (χ0n) is 10.3. The van der Waals surface area contributed by atoms with Crippen LogP contribution in [0, 0.1) is 0 Å². The van der Waals surface area contributed by atoms with E-state index in [-0.39, 0.29) is 5.91 Å². The molecule has 19 heavy (non-hydrogen) atoms. The lowest BCUT2D eigenvalue weighted by Crippen LogP contribution is -2.34. The smallest absolute Gasteiger partial charge is 0.333 e. The van der Waals surface area contributed by atoms with E-state index in [1.165, 1.54) is 18.4 Å². The van der Waals surface area contributed by atoms with Crippen molar-refractivity contribution in [3.63, 3.8) is 0 Å². The summed E-state index contributed by atoms with van der Waals surface area (Å²) in [5.41, 5.74) is 1.23. The maximum absolute atomic E-state index is 12.0. The summed E-state index contributed by atoms with van der Waals surface area (Å²) in [6, 6.07) is 9.92. The van der Waals surface area contributed by atoms with Gasteiger partial charge in [-0.2, -0.15) is 11.3 Å². The Hall–Kier alpha value is -2.14. The fourth-order valence-corrected chi connectivity index (χ4v) is 2.29. The molecule has 0 aliphatic heterocycles. The van der Waals surface area contributed by atoms with Crippen molar-refractivity contribution in [3.05, 3.63) is 58.3 Å². The fourth-order valence-electron chi connectivity index (χ4n) is 1.65. The van der Waals surface area contributed by atoms with Crippen molar-refractivity contribution < 1.29 is 14.3 Å². The number of ether oxygens (including phenoxy) is 1. The van der Waals surface area contributed by atoms with Crippen molar-refractivity contribution in [1.82, 2.24) is 5.32 Å². The highest BCUT2D eigenvalue weighted by molar-refractivity contribution is 7.08. The molecule has 1 unspecified atom stereocenters. The molecule has 0 saturated heterocycles. The first-order chi connectivity index (χ1) is 9.22. The van der Waals surface area contributed by atoms with Crippen LogP contribution in [0.3, 0.4) is 0 Å². The third-order valence-corrected chi connectivity index (χ3v) is 3.31. The van der Waals surface area contributed by atoms with Crippen LogP contribution in [0.25, 0.3) is 0 Å². The van der Waals surface area contributed by atoms with E-state index in [0.717, 1.165) is 0 Å². The highest BCUT2D eigenvalue weighted by Gasteiger charge is 2.23. The van der Waals surface area contributed by atoms with Gasteiger partial charge in [0, 0.05) is 5.38 Å². The lowest BCUT2D eigenvalue weighted by molar-refractivity contribution is -0.143. The average Bonchev–Trinajstić information content (AvgIpc) is 2.99. The molecular weight excluding hydrogens is 262 g/mol. The van der Waals surface area contributed by atoms with Gasteiger partial charge >= 0.3 is 5.97 Å². The quantitative estimate of drug-likeness (QED) is 0.872. The average molecular weight is 275 g/mol. The molecule has 2 rings (SSSR count). The summed E-state index contributed by atoms with van der Waals surface area (Å²) < 4.78 is 4.73. The van der Waals surface area contributed by atoms with Crippen LogP contribution in [0.15, 0.2) is 47.2 Å². The second-order valence-electron chi connectivity index (χ2n) is 3.85. The van der Waals surface area contributed by atoms with Crippen molar-refractivity contribution in [1.29, 1.82) is 0 Å². The minimum Gasteiger partial charge on any atom is -0.467 e. The van der Waals surface area contributed by atoms with Crippen molar-refractivity contribution in [3.8, 4) is 0 Å². The zero-order valence-corrected chi connectivity index (χ0v) is 11.1. The summed E-state index contributed by atoms with van der Waals surface area (Å²) in [6.45, 7) is 0. The minimum atomic E-state index is -0.793. The molecule has 0 aliphatic carbocycles. The molecule has 0 fully saturated rings. The number of carbonyl (C=O) groups is 2. The van der Waals surface area contributed by atoms with Gasteiger partial charge in [-0.25, -0.2) is 4.79 Å². The van der Waals surface area contributed by atoms with E-state index in [2.05, 4.69) is 5.32 Å². The highest BCUT2D eigenvalue weighted by atomic mass is 32.1. The molecule has 1 aromatic heterocycles. The summed E-state index contributed by atoms with van der Waals surface area (Å²) in [6.07, 6.45) is 0. The Labute approximate surface area is 115 Å². The molecule has 0 bridgehead atoms. The molecule has 0 radical (unpaired) electrons. The van der Waals surface area contributed by atoms with E-state index in [1.54, 1.807) is 23.6 Å². The predicted molar refractivity (Wildman–Crippen MR) is 73.0 cm³/mol. The fraction of sp³-hybridized carbons (Fsp3) is 0.143. The molecule has 0 aliphatic rings. The molecule has 1 atom stereocenters. The predicted octanol–water partition coefficient (Wildman–Crippen LogP) is 2.39. The number of benzene rings is 1. The number of carbonyl (C=O) groups excluding carboxylic acids is 2. The number of rotatable bonds is 4. The maximum Gasteiger partial charge on any atom is 0.333 e. The van der Waals surface area contributed by atoms with Crippen molar-refractivity contribution in [2.75, 3.05) is 7.11 Å². The van der Waals surface area contributed by atoms with Crippen molar-refractivity contribution in [2.45, 2.75) is 6.04 Å². The second-order valence-corrected chi connectivity index (χ2v) is 4.63. The number of nitrogens with one attached hydrogen (secondary N) is 1. The monoisotopic (exact) mass is 275 g/mol. The van der Waals surface area contributed by atoms with Gasteiger partial charge in [-0.1, -0.05) is 30.3 Å². The molecule has 1 aromatic carbocycles. The van der Waals surface area contributed by atoms with Crippen LogP contribution in [0.1, 0.15) is 22.0 Å². The second kappa shape index (κ2) is 6.15. The molecule has 0 saturated carbocycles. The Balaban J connectivity index is 2.20. The lowest BCUT2D eigenvalue weighted by atomic mass is 10.1. The van der Waals surface area contributed by atoms with Gasteiger partial charge < -0.3 is 10.1 Å². The standard InChI is InChI=1S/C14H13NO3S/c1-18-14(17)12(10-5-3-2-4-6-10)15-13(16)11-7-8-19-9-11/h2-9,12H,1H3,(H,15,16). The number of thiophene rings is 1. The molecular formula is C14H13NO3S. The summed E-state index contributed by atoms with van der Waals surface area (Å²) in [4.78, 5) is 23.8. The summed E-state index contributed by atoms with van der Waals surface area (Å²) in [5.74, 6) is -0.782. The number of hydrogen-bond donors (Lipinski definition) is 1. The molecule has 2 aromatic rings. The van der Waals surface area contributed by atoms with Gasteiger partial charge in [0.1, 0.15) is 0 Å². The molecule has 5 heteroatoms. The van der Waals surface area contributed by atoms with E-state index < -0.39 is 12.0 Å². The first-order valence-electron chi connectivity index (χ1n) is 5.68. The van der Waals surface area contributed by atoms with Gasteiger partial charge in [0.05, 0.1) is 12.7 Å². The SMILES string of the molecule is COC(=O)C(NC(=O)c1ccsc1)c1ccccc1. The number of methoxy groups -OCH3 is 1. The molecule has 1 amide bonds. The van der Waals surface area contributed by atoms with Crippen LogP contribution in [0.2, 0.25) is 0 Å². The van der Waals surface area contributed by atoms with E-state index in [9.17, 15) is 9.59 Å². The van der Waals surface area contributed by atoms with Gasteiger partial charge in [-0.3, -0.25) is 4.79 Å². The number of amides is 1. The van der Waals surface area contributed by atoms with Crippen LogP contribution in [-0.2, 0) is 9.53 Å². The largest absolute Gasteiger partial charge is 0.467 e. The van der Waals surface area contributed by atoms with Gasteiger partial charge in [0.2, 0.25) is 0 Å². The van der Waals surface area contributed by atoms with E-state index in [4.69, 9.17) is 4.74 Å². The van der Waals surface area contributed by atoms with Gasteiger partial charge in [0.25, 0.3) is 5.91 Å². The minimum absolute atomic E-state index is 0.291. The zero-order chi connectivity index (χ0) is 13.7. The molecule has 1 N–H and O–H groups in total. The Bertz CT molecular complexity index is 551. The summed E-state index contributed by atoms with van der Waals surface area (Å²) >= 11 is 1.43. The third kappa shape index (κ3) is 3.20. The van der Waals surface area contributed by atoms with Crippen LogP contribution in [0.5, 0.6) is 0 Å². The molecule has 98 valence electrons. The summed E-state index contributed by atoms with van der Waals surface area (Å²) in [5, 5.41) is 6.22. The molecule has 1 heterocycles. The number of esters is 1. The maximum atomic E-state index is 12.0. The van der Waals surface area contributed by atoms with Crippen LogP contribution < -0.4 is 5.32 Å². The first-order valence-corrected chi connectivity index (χ1v) is 6.62. The van der Waals surface area contributed by atoms with Gasteiger partial charge in [-0.05, 0) is 17.0 Å². The molecule has 4 nitrogen and oxygen atoms in total. The van der Waals surface area contributed by atoms with Crippen LogP contribution in [-0.4, -0.2) is 19.0 Å².